The van der Waals surface area contributed by atoms with Gasteiger partial charge in [0.1, 0.15) is 5.82 Å². The Hall–Kier alpha value is -2.17. The van der Waals surface area contributed by atoms with E-state index in [4.69, 9.17) is 5.11 Å². The SMILES string of the molecule is CC1CCCN(Cc2ccc(F)cc2/C=C/C(=O)O)C1=O. The van der Waals surface area contributed by atoms with E-state index in [1.165, 1.54) is 18.2 Å². The third-order valence-electron chi connectivity index (χ3n) is 3.67. The average molecular weight is 291 g/mol. The van der Waals surface area contributed by atoms with Crippen LogP contribution in [0.25, 0.3) is 6.08 Å². The van der Waals surface area contributed by atoms with Gasteiger partial charge < -0.3 is 10.0 Å². The summed E-state index contributed by atoms with van der Waals surface area (Å²) in [7, 11) is 0. The lowest BCUT2D eigenvalue weighted by Gasteiger charge is -2.31. The van der Waals surface area contributed by atoms with Crippen LogP contribution in [0, 0.1) is 11.7 Å². The molecule has 1 heterocycles. The molecule has 21 heavy (non-hydrogen) atoms. The van der Waals surface area contributed by atoms with E-state index in [0.29, 0.717) is 18.7 Å². The fourth-order valence-electron chi connectivity index (χ4n) is 2.52. The minimum atomic E-state index is -1.09. The maximum absolute atomic E-state index is 13.3. The van der Waals surface area contributed by atoms with Gasteiger partial charge in [-0.3, -0.25) is 4.79 Å². The number of rotatable bonds is 4. The smallest absolute Gasteiger partial charge is 0.328 e. The third kappa shape index (κ3) is 3.90. The van der Waals surface area contributed by atoms with Gasteiger partial charge in [-0.15, -0.1) is 0 Å². The number of nitrogens with zero attached hydrogens (tertiary/aromatic N) is 1. The van der Waals surface area contributed by atoms with Crippen molar-refractivity contribution in [1.29, 1.82) is 0 Å². The van der Waals surface area contributed by atoms with Gasteiger partial charge in [0.15, 0.2) is 0 Å². The highest BCUT2D eigenvalue weighted by atomic mass is 19.1. The molecule has 1 amide bonds. The first-order chi connectivity index (χ1) is 9.97. The molecule has 1 atom stereocenters. The summed E-state index contributed by atoms with van der Waals surface area (Å²) in [5, 5.41) is 8.69. The molecule has 5 heteroatoms. The van der Waals surface area contributed by atoms with Gasteiger partial charge in [0.25, 0.3) is 0 Å². The Morgan fingerprint density at radius 3 is 3.00 bits per heavy atom. The van der Waals surface area contributed by atoms with E-state index >= 15 is 0 Å². The van der Waals surface area contributed by atoms with Crippen molar-refractivity contribution in [2.24, 2.45) is 5.92 Å². The van der Waals surface area contributed by atoms with E-state index in [2.05, 4.69) is 0 Å². The van der Waals surface area contributed by atoms with Crippen LogP contribution in [-0.4, -0.2) is 28.4 Å². The zero-order chi connectivity index (χ0) is 15.4. The monoisotopic (exact) mass is 291 g/mol. The van der Waals surface area contributed by atoms with Crippen LogP contribution in [0.3, 0.4) is 0 Å². The molecule has 1 saturated heterocycles. The van der Waals surface area contributed by atoms with E-state index in [9.17, 15) is 14.0 Å². The topological polar surface area (TPSA) is 57.6 Å². The van der Waals surface area contributed by atoms with E-state index in [-0.39, 0.29) is 11.8 Å². The highest BCUT2D eigenvalue weighted by molar-refractivity contribution is 5.85. The first-order valence-corrected chi connectivity index (χ1v) is 6.95. The quantitative estimate of drug-likeness (QED) is 0.868. The van der Waals surface area contributed by atoms with Gasteiger partial charge in [-0.1, -0.05) is 13.0 Å². The lowest BCUT2D eigenvalue weighted by atomic mass is 9.98. The molecular formula is C16H18FNO3. The number of hydrogen-bond donors (Lipinski definition) is 1. The number of carbonyl (C=O) groups excluding carboxylic acids is 1. The number of carboxylic acids is 1. The van der Waals surface area contributed by atoms with Crippen LogP contribution in [0.4, 0.5) is 4.39 Å². The molecule has 1 aliphatic rings. The number of carbonyl (C=O) groups is 2. The number of piperidine rings is 1. The molecule has 0 aliphatic carbocycles. The molecule has 0 saturated carbocycles. The van der Waals surface area contributed by atoms with E-state index < -0.39 is 11.8 Å². The Balaban J connectivity index is 2.22. The minimum absolute atomic E-state index is 0.0113. The molecule has 4 nitrogen and oxygen atoms in total. The molecule has 0 radical (unpaired) electrons. The molecular weight excluding hydrogens is 273 g/mol. The standard InChI is InChI=1S/C16H18FNO3/c1-11-3-2-8-18(16(11)21)10-13-4-6-14(17)9-12(13)5-7-15(19)20/h4-7,9,11H,2-3,8,10H2,1H3,(H,19,20)/b7-5+. The molecule has 1 fully saturated rings. The maximum Gasteiger partial charge on any atom is 0.328 e. The summed E-state index contributed by atoms with van der Waals surface area (Å²) < 4.78 is 13.3. The second-order valence-corrected chi connectivity index (χ2v) is 5.32. The third-order valence-corrected chi connectivity index (χ3v) is 3.67. The maximum atomic E-state index is 13.3. The predicted molar refractivity (Wildman–Crippen MR) is 76.9 cm³/mol. The lowest BCUT2D eigenvalue weighted by molar-refractivity contribution is -0.138. The van der Waals surface area contributed by atoms with Crippen molar-refractivity contribution < 1.29 is 19.1 Å². The highest BCUT2D eigenvalue weighted by Crippen LogP contribution is 2.22. The Labute approximate surface area is 122 Å². The first-order valence-electron chi connectivity index (χ1n) is 6.95. The van der Waals surface area contributed by atoms with Crippen molar-refractivity contribution in [1.82, 2.24) is 4.90 Å². The Bertz CT molecular complexity index is 583. The zero-order valence-electron chi connectivity index (χ0n) is 11.9. The van der Waals surface area contributed by atoms with Gasteiger partial charge in [0.05, 0.1) is 0 Å². The molecule has 1 unspecified atom stereocenters. The van der Waals surface area contributed by atoms with E-state index in [1.54, 1.807) is 11.0 Å². The average Bonchev–Trinajstić information content (AvgIpc) is 2.43. The van der Waals surface area contributed by atoms with E-state index in [1.807, 2.05) is 6.92 Å². The Morgan fingerprint density at radius 2 is 2.29 bits per heavy atom. The van der Waals surface area contributed by atoms with Gasteiger partial charge >= 0.3 is 5.97 Å². The van der Waals surface area contributed by atoms with Gasteiger partial charge in [-0.2, -0.15) is 0 Å². The second-order valence-electron chi connectivity index (χ2n) is 5.32. The normalized spacial score (nSPS) is 19.2. The van der Waals surface area contributed by atoms with Crippen LogP contribution in [0.15, 0.2) is 24.3 Å². The van der Waals surface area contributed by atoms with Gasteiger partial charge in [0.2, 0.25) is 5.91 Å². The zero-order valence-corrected chi connectivity index (χ0v) is 11.9. The van der Waals surface area contributed by atoms with Crippen LogP contribution < -0.4 is 0 Å². The number of carboxylic acid groups (broad SMARTS) is 1. The number of halogens is 1. The van der Waals surface area contributed by atoms with Crippen molar-refractivity contribution in [3.05, 3.63) is 41.2 Å². The molecule has 112 valence electrons. The highest BCUT2D eigenvalue weighted by Gasteiger charge is 2.25. The van der Waals surface area contributed by atoms with Crippen LogP contribution in [0.2, 0.25) is 0 Å². The van der Waals surface area contributed by atoms with Crippen molar-refractivity contribution in [3.63, 3.8) is 0 Å². The molecule has 1 aromatic rings. The summed E-state index contributed by atoms with van der Waals surface area (Å²) in [6.07, 6.45) is 4.18. The fourth-order valence-corrected chi connectivity index (χ4v) is 2.52. The largest absolute Gasteiger partial charge is 0.478 e. The molecule has 1 N–H and O–H groups in total. The molecule has 0 bridgehead atoms. The van der Waals surface area contributed by atoms with Crippen molar-refractivity contribution in [2.45, 2.75) is 26.3 Å². The van der Waals surface area contributed by atoms with Crippen LogP contribution in [0.1, 0.15) is 30.9 Å². The number of likely N-dealkylation sites (tertiary alicyclic amines) is 1. The lowest BCUT2D eigenvalue weighted by Crippen LogP contribution is -2.39. The summed E-state index contributed by atoms with van der Waals surface area (Å²) >= 11 is 0. The predicted octanol–water partition coefficient (Wildman–Crippen LogP) is 2.68. The van der Waals surface area contributed by atoms with Crippen LogP contribution >= 0.6 is 0 Å². The Morgan fingerprint density at radius 1 is 1.52 bits per heavy atom. The summed E-state index contributed by atoms with van der Waals surface area (Å²) in [5.41, 5.74) is 1.24. The van der Waals surface area contributed by atoms with E-state index in [0.717, 1.165) is 24.5 Å². The van der Waals surface area contributed by atoms with Gasteiger partial charge in [0, 0.05) is 25.1 Å². The summed E-state index contributed by atoms with van der Waals surface area (Å²) in [6.45, 7) is 2.97. The van der Waals surface area contributed by atoms with Gasteiger partial charge in [-0.25, -0.2) is 9.18 Å². The molecule has 0 aromatic heterocycles. The van der Waals surface area contributed by atoms with Crippen LogP contribution in [0.5, 0.6) is 0 Å². The Kier molecular flexibility index (Phi) is 4.73. The van der Waals surface area contributed by atoms with Gasteiger partial charge in [-0.05, 0) is 42.2 Å². The molecule has 2 rings (SSSR count). The minimum Gasteiger partial charge on any atom is -0.478 e. The molecule has 1 aromatic carbocycles. The van der Waals surface area contributed by atoms with Crippen molar-refractivity contribution in [2.75, 3.05) is 6.54 Å². The molecule has 1 aliphatic heterocycles. The fraction of sp³-hybridized carbons (Fsp3) is 0.375. The number of amides is 1. The summed E-state index contributed by atoms with van der Waals surface area (Å²) in [6, 6.07) is 4.21. The number of benzene rings is 1. The van der Waals surface area contributed by atoms with Crippen LogP contribution in [-0.2, 0) is 16.1 Å². The van der Waals surface area contributed by atoms with Crippen molar-refractivity contribution >= 4 is 18.0 Å². The first kappa shape index (κ1) is 15.2. The molecule has 0 spiro atoms. The van der Waals surface area contributed by atoms with Crippen molar-refractivity contribution in [3.8, 4) is 0 Å². The number of hydrogen-bond acceptors (Lipinski definition) is 2. The summed E-state index contributed by atoms with van der Waals surface area (Å²) in [5.74, 6) is -1.41. The number of aliphatic carboxylic acids is 1. The second kappa shape index (κ2) is 6.52. The summed E-state index contributed by atoms with van der Waals surface area (Å²) in [4.78, 5) is 24.5.